The van der Waals surface area contributed by atoms with E-state index in [1.54, 1.807) is 3.28 Å². The van der Waals surface area contributed by atoms with Gasteiger partial charge in [0, 0.05) is 0 Å². The van der Waals surface area contributed by atoms with Crippen LogP contribution in [-0.2, 0) is 34.1 Å². The van der Waals surface area contributed by atoms with Crippen molar-refractivity contribution in [2.75, 3.05) is 0 Å². The van der Waals surface area contributed by atoms with Gasteiger partial charge in [0.15, 0.2) is 0 Å². The van der Waals surface area contributed by atoms with Crippen LogP contribution in [0.25, 0.3) is 15.4 Å². The monoisotopic (exact) mass is 590 g/mol. The van der Waals surface area contributed by atoms with Gasteiger partial charge in [-0.05, 0) is 0 Å². The molecule has 184 valence electrons. The van der Waals surface area contributed by atoms with Crippen LogP contribution < -0.4 is 38.5 Å². The molecule has 0 fully saturated rings. The smallest absolute Gasteiger partial charge is 1.00 e. The largest absolute Gasteiger partial charge is 1.00 e. The minimum atomic E-state index is -1.03. The third kappa shape index (κ3) is 5.18. The molecule has 0 saturated heterocycles. The van der Waals surface area contributed by atoms with Crippen molar-refractivity contribution in [1.29, 1.82) is 0 Å². The van der Waals surface area contributed by atoms with E-state index in [0.29, 0.717) is 0 Å². The van der Waals surface area contributed by atoms with Crippen molar-refractivity contribution in [3.63, 3.8) is 0 Å². The Morgan fingerprint density at radius 3 is 2.03 bits per heavy atom. The summed E-state index contributed by atoms with van der Waals surface area (Å²) < 4.78 is 3.13. The molecule has 0 unspecified atom stereocenters. The van der Waals surface area contributed by atoms with Crippen LogP contribution in [0.15, 0.2) is 72.8 Å². The second-order valence-electron chi connectivity index (χ2n) is 11.7. The Morgan fingerprint density at radius 2 is 1.44 bits per heavy atom. The summed E-state index contributed by atoms with van der Waals surface area (Å²) in [5.74, 6) is 0. The number of fused-ring (bicyclic) bond motifs is 2. The minimum Gasteiger partial charge on any atom is -1.00 e. The van der Waals surface area contributed by atoms with E-state index in [1.807, 2.05) is 0 Å². The van der Waals surface area contributed by atoms with Crippen molar-refractivity contribution in [3.05, 3.63) is 116 Å². The van der Waals surface area contributed by atoms with Crippen LogP contribution in [0.1, 0.15) is 70.2 Å². The number of hydrogen-bond donors (Lipinski definition) is 0. The number of rotatable bonds is 3. The maximum atomic E-state index is 4.71. The van der Waals surface area contributed by atoms with E-state index in [-0.39, 0.29) is 35.6 Å². The molecular formula is C33H34Cl2Zr. The SMILES string of the molecule is C=c1c(C(C)(C)C)cc2c(c1C1=CC=CC1)[C]([Zr+2][c]1ccccc1)=c1ccc(C(C)(C)C)cc1=2.[Cl-].[Cl-]. The van der Waals surface area contributed by atoms with Gasteiger partial charge in [0.2, 0.25) is 0 Å². The standard InChI is InChI=1S/C27H29.C6H5.2ClH.Zr/c1-17-24(27(5,6)7)16-22-21-15-20(26(2,3)4)13-12-19(21)14-23(22)25(17)18-10-8-9-11-18;1-2-4-6-5-3-1;;;/h8-10,12-13,15-16H,1,11H2,2-7H3;1-5H;2*1H;/q;;;;+2/p-2. The summed E-state index contributed by atoms with van der Waals surface area (Å²) in [5.41, 5.74) is 7.23. The van der Waals surface area contributed by atoms with Crippen molar-refractivity contribution in [2.45, 2.75) is 58.8 Å². The van der Waals surface area contributed by atoms with E-state index in [9.17, 15) is 0 Å². The van der Waals surface area contributed by atoms with E-state index in [2.05, 4.69) is 114 Å². The Balaban J connectivity index is 0.00000180. The van der Waals surface area contributed by atoms with Crippen molar-refractivity contribution in [1.82, 2.24) is 0 Å². The van der Waals surface area contributed by atoms with Gasteiger partial charge in [0.1, 0.15) is 0 Å². The zero-order valence-electron chi connectivity index (χ0n) is 22.1. The van der Waals surface area contributed by atoms with Gasteiger partial charge in [0.05, 0.1) is 0 Å². The first-order valence-electron chi connectivity index (χ1n) is 12.3. The summed E-state index contributed by atoms with van der Waals surface area (Å²) in [5, 5.41) is 5.52. The van der Waals surface area contributed by atoms with Crippen molar-refractivity contribution < 1.29 is 48.0 Å². The molecule has 3 aromatic carbocycles. The summed E-state index contributed by atoms with van der Waals surface area (Å²) in [6, 6.07) is 20.9. The van der Waals surface area contributed by atoms with Crippen LogP contribution in [0, 0.1) is 10.4 Å². The van der Waals surface area contributed by atoms with Gasteiger partial charge in [-0.15, -0.1) is 0 Å². The van der Waals surface area contributed by atoms with Gasteiger partial charge in [-0.25, -0.2) is 0 Å². The fraction of sp³-hybridized carbons (Fsp3) is 0.273. The Labute approximate surface area is 240 Å². The quantitative estimate of drug-likeness (QED) is 0.408. The Kier molecular flexibility index (Phi) is 8.52. The molecule has 36 heavy (non-hydrogen) atoms. The third-order valence-corrected chi connectivity index (χ3v) is 10.5. The molecule has 0 saturated carbocycles. The second-order valence-corrected chi connectivity index (χ2v) is 14.9. The van der Waals surface area contributed by atoms with Crippen molar-refractivity contribution in [3.8, 4) is 0 Å². The van der Waals surface area contributed by atoms with E-state index in [1.165, 1.54) is 52.0 Å². The molecule has 0 amide bonds. The van der Waals surface area contributed by atoms with E-state index in [4.69, 9.17) is 6.58 Å². The molecule has 0 aliphatic heterocycles. The normalized spacial score (nSPS) is 13.8. The first-order chi connectivity index (χ1) is 16.1. The molecule has 0 nitrogen and oxygen atoms in total. The zero-order valence-corrected chi connectivity index (χ0v) is 26.1. The summed E-state index contributed by atoms with van der Waals surface area (Å²) in [4.78, 5) is 0. The summed E-state index contributed by atoms with van der Waals surface area (Å²) in [6.45, 7) is 18.6. The van der Waals surface area contributed by atoms with Gasteiger partial charge >= 0.3 is 217 Å². The number of allylic oxidation sites excluding steroid dienone is 4. The van der Waals surface area contributed by atoms with Gasteiger partial charge < -0.3 is 24.8 Å². The molecule has 3 aromatic rings. The van der Waals surface area contributed by atoms with E-state index < -0.39 is 23.2 Å². The van der Waals surface area contributed by atoms with E-state index in [0.717, 1.165) is 6.42 Å². The second kappa shape index (κ2) is 10.6. The zero-order chi connectivity index (χ0) is 24.3. The number of halogens is 2. The topological polar surface area (TPSA) is 0 Å². The van der Waals surface area contributed by atoms with Crippen LogP contribution in [0.3, 0.4) is 0 Å². The van der Waals surface area contributed by atoms with Crippen LogP contribution in [0.2, 0.25) is 0 Å². The predicted octanol–water partition coefficient (Wildman–Crippen LogP) is 0.208. The third-order valence-electron chi connectivity index (χ3n) is 7.07. The molecule has 0 spiro atoms. The molecule has 0 aromatic heterocycles. The summed E-state index contributed by atoms with van der Waals surface area (Å²) in [6.07, 6.45) is 7.80. The van der Waals surface area contributed by atoms with E-state index >= 15 is 0 Å². The summed E-state index contributed by atoms with van der Waals surface area (Å²) in [7, 11) is 0. The van der Waals surface area contributed by atoms with Crippen molar-refractivity contribution >= 4 is 18.7 Å². The molecule has 3 heteroatoms. The molecule has 5 rings (SSSR count). The number of benzene rings is 3. The van der Waals surface area contributed by atoms with Crippen LogP contribution in [-0.4, -0.2) is 0 Å². The van der Waals surface area contributed by atoms with Crippen molar-refractivity contribution in [2.24, 2.45) is 0 Å². The first kappa shape index (κ1) is 28.9. The minimum absolute atomic E-state index is 0. The maximum absolute atomic E-state index is 4.71. The Morgan fingerprint density at radius 1 is 0.750 bits per heavy atom. The average Bonchev–Trinajstić information content (AvgIpc) is 3.40. The van der Waals surface area contributed by atoms with Gasteiger partial charge in [-0.1, -0.05) is 0 Å². The predicted molar refractivity (Wildman–Crippen MR) is 143 cm³/mol. The van der Waals surface area contributed by atoms with Gasteiger partial charge in [-0.3, -0.25) is 0 Å². The molecular weight excluding hydrogens is 558 g/mol. The molecule has 0 atom stereocenters. The molecule has 0 radical (unpaired) electrons. The first-order valence-corrected chi connectivity index (χ1v) is 14.8. The fourth-order valence-corrected chi connectivity index (χ4v) is 8.64. The average molecular weight is 593 g/mol. The van der Waals surface area contributed by atoms with Crippen LogP contribution in [0.5, 0.6) is 0 Å². The van der Waals surface area contributed by atoms with Crippen LogP contribution in [0.4, 0.5) is 0 Å². The molecule has 2 aliphatic rings. The molecule has 2 aliphatic carbocycles. The summed E-state index contributed by atoms with van der Waals surface area (Å²) >= 11 is -1.03. The fourth-order valence-electron chi connectivity index (χ4n) is 5.23. The van der Waals surface area contributed by atoms with Gasteiger partial charge in [0.25, 0.3) is 0 Å². The number of hydrogen-bond acceptors (Lipinski definition) is 0. The Bertz CT molecular complexity index is 1560. The maximum Gasteiger partial charge on any atom is -1.00 e. The van der Waals surface area contributed by atoms with Gasteiger partial charge in [-0.2, -0.15) is 0 Å². The Hall–Kier alpha value is -1.66. The van der Waals surface area contributed by atoms with Crippen LogP contribution >= 0.6 is 0 Å². The molecule has 0 heterocycles. The molecule has 0 N–H and O–H groups in total. The molecule has 0 bridgehead atoms.